The van der Waals surface area contributed by atoms with Crippen molar-refractivity contribution in [1.29, 1.82) is 0 Å². The number of para-hydroxylation sites is 1. The van der Waals surface area contributed by atoms with E-state index >= 15 is 0 Å². The van der Waals surface area contributed by atoms with Crippen molar-refractivity contribution in [2.24, 2.45) is 7.05 Å². The highest BCUT2D eigenvalue weighted by atomic mass is 16.6. The molecule has 0 fully saturated rings. The average molecular weight is 290 g/mol. The highest BCUT2D eigenvalue weighted by Gasteiger charge is 2.25. The summed E-state index contributed by atoms with van der Waals surface area (Å²) in [7, 11) is 1.67. The Kier molecular flexibility index (Phi) is 3.88. The van der Waals surface area contributed by atoms with Gasteiger partial charge >= 0.3 is 5.97 Å². The van der Waals surface area contributed by atoms with E-state index in [-0.39, 0.29) is 11.4 Å². The molecule has 2 rings (SSSR count). The predicted octanol–water partition coefficient (Wildman–Crippen LogP) is 1.87. The molecule has 0 bridgehead atoms. The second-order valence-electron chi connectivity index (χ2n) is 4.59. The molecule has 0 saturated heterocycles. The lowest BCUT2D eigenvalue weighted by Gasteiger charge is -2.16. The number of hydrogen-bond donors (Lipinski definition) is 2. The van der Waals surface area contributed by atoms with Crippen LogP contribution in [0.15, 0.2) is 30.6 Å². The number of nitro groups is 1. The van der Waals surface area contributed by atoms with Gasteiger partial charge in [0.05, 0.1) is 11.1 Å². The predicted molar refractivity (Wildman–Crippen MR) is 75.0 cm³/mol. The maximum absolute atomic E-state index is 11.4. The van der Waals surface area contributed by atoms with Crippen molar-refractivity contribution < 1.29 is 14.8 Å². The van der Waals surface area contributed by atoms with Crippen LogP contribution in [0, 0.1) is 17.0 Å². The minimum atomic E-state index is -1.14. The van der Waals surface area contributed by atoms with E-state index in [1.165, 1.54) is 16.9 Å². The van der Waals surface area contributed by atoms with Crippen molar-refractivity contribution >= 4 is 17.3 Å². The molecule has 0 amide bonds. The number of carboxylic acids is 1. The monoisotopic (exact) mass is 290 g/mol. The molecule has 1 aromatic heterocycles. The SMILES string of the molecule is Cc1cccc([N+](=O)[O-])c1NC(C(=O)O)c1cnn(C)c1. The number of aryl methyl sites for hydroxylation is 2. The Balaban J connectivity index is 2.43. The van der Waals surface area contributed by atoms with Crippen molar-refractivity contribution in [2.75, 3.05) is 5.32 Å². The standard InChI is InChI=1S/C13H14N4O4/c1-8-4-3-5-10(17(20)21)11(8)15-12(13(18)19)9-6-14-16(2)7-9/h3-7,12,15H,1-2H3,(H,18,19). The molecule has 2 N–H and O–H groups in total. The van der Waals surface area contributed by atoms with E-state index in [1.54, 1.807) is 32.3 Å². The van der Waals surface area contributed by atoms with Gasteiger partial charge in [-0.3, -0.25) is 14.8 Å². The molecule has 2 aromatic rings. The summed E-state index contributed by atoms with van der Waals surface area (Å²) >= 11 is 0. The lowest BCUT2D eigenvalue weighted by molar-refractivity contribution is -0.384. The Morgan fingerprint density at radius 3 is 2.76 bits per heavy atom. The zero-order valence-electron chi connectivity index (χ0n) is 11.5. The van der Waals surface area contributed by atoms with E-state index in [0.717, 1.165) is 0 Å². The third-order valence-electron chi connectivity index (χ3n) is 3.04. The topological polar surface area (TPSA) is 110 Å². The zero-order valence-corrected chi connectivity index (χ0v) is 11.5. The van der Waals surface area contributed by atoms with Crippen LogP contribution in [0.4, 0.5) is 11.4 Å². The summed E-state index contributed by atoms with van der Waals surface area (Å²) in [5.41, 5.74) is 1.05. The maximum atomic E-state index is 11.4. The third kappa shape index (κ3) is 2.99. The van der Waals surface area contributed by atoms with Gasteiger partial charge in [-0.25, -0.2) is 4.79 Å². The molecule has 110 valence electrons. The molecule has 0 aliphatic heterocycles. The highest BCUT2D eigenvalue weighted by molar-refractivity contribution is 5.81. The second kappa shape index (κ2) is 5.61. The summed E-state index contributed by atoms with van der Waals surface area (Å²) < 4.78 is 1.47. The molecule has 0 spiro atoms. The summed E-state index contributed by atoms with van der Waals surface area (Å²) in [6.45, 7) is 1.68. The number of anilines is 1. The van der Waals surface area contributed by atoms with Crippen LogP contribution in [0.2, 0.25) is 0 Å². The summed E-state index contributed by atoms with van der Waals surface area (Å²) in [6.07, 6.45) is 2.96. The van der Waals surface area contributed by atoms with Crippen LogP contribution in [0.3, 0.4) is 0 Å². The van der Waals surface area contributed by atoms with E-state index in [1.807, 2.05) is 0 Å². The van der Waals surface area contributed by atoms with Gasteiger partial charge in [-0.1, -0.05) is 12.1 Å². The van der Waals surface area contributed by atoms with Gasteiger partial charge in [0.1, 0.15) is 5.69 Å². The third-order valence-corrected chi connectivity index (χ3v) is 3.04. The number of nitrogens with one attached hydrogen (secondary N) is 1. The van der Waals surface area contributed by atoms with Crippen LogP contribution < -0.4 is 5.32 Å². The van der Waals surface area contributed by atoms with Crippen LogP contribution in [0.1, 0.15) is 17.2 Å². The van der Waals surface area contributed by atoms with Crippen LogP contribution in [-0.2, 0) is 11.8 Å². The number of nitrogens with zero attached hydrogens (tertiary/aromatic N) is 3. The molecular formula is C13H14N4O4. The zero-order chi connectivity index (χ0) is 15.6. The molecule has 0 saturated carbocycles. The van der Waals surface area contributed by atoms with Crippen LogP contribution in [0.5, 0.6) is 0 Å². The smallest absolute Gasteiger partial charge is 0.330 e. The molecule has 0 radical (unpaired) electrons. The van der Waals surface area contributed by atoms with Crippen LogP contribution in [-0.4, -0.2) is 25.8 Å². The largest absolute Gasteiger partial charge is 0.479 e. The fourth-order valence-corrected chi connectivity index (χ4v) is 2.01. The van der Waals surface area contributed by atoms with Crippen LogP contribution in [0.25, 0.3) is 0 Å². The first-order chi connectivity index (χ1) is 9.90. The average Bonchev–Trinajstić information content (AvgIpc) is 2.82. The van der Waals surface area contributed by atoms with E-state index in [4.69, 9.17) is 0 Å². The number of rotatable bonds is 5. The number of carbonyl (C=O) groups is 1. The Labute approximate surface area is 120 Å². The molecular weight excluding hydrogens is 276 g/mol. The van der Waals surface area contributed by atoms with Crippen molar-refractivity contribution in [3.05, 3.63) is 51.8 Å². The summed E-state index contributed by atoms with van der Waals surface area (Å²) in [6, 6.07) is 3.45. The molecule has 1 unspecified atom stereocenters. The number of nitro benzene ring substituents is 1. The molecule has 0 aliphatic carbocycles. The number of hydrogen-bond acceptors (Lipinski definition) is 5. The molecule has 1 atom stereocenters. The lowest BCUT2D eigenvalue weighted by Crippen LogP contribution is -2.21. The van der Waals surface area contributed by atoms with Crippen molar-refractivity contribution in [3.63, 3.8) is 0 Å². The maximum Gasteiger partial charge on any atom is 0.330 e. The second-order valence-corrected chi connectivity index (χ2v) is 4.59. The molecule has 8 nitrogen and oxygen atoms in total. The molecule has 8 heteroatoms. The first-order valence-corrected chi connectivity index (χ1v) is 6.12. The Hall–Kier alpha value is -2.90. The number of aromatic nitrogens is 2. The molecule has 1 heterocycles. The van der Waals surface area contributed by atoms with Crippen molar-refractivity contribution in [1.82, 2.24) is 9.78 Å². The molecule has 21 heavy (non-hydrogen) atoms. The van der Waals surface area contributed by atoms with Crippen LogP contribution >= 0.6 is 0 Å². The molecule has 1 aromatic carbocycles. The van der Waals surface area contributed by atoms with Crippen molar-refractivity contribution in [3.8, 4) is 0 Å². The van der Waals surface area contributed by atoms with Gasteiger partial charge < -0.3 is 10.4 Å². The van der Waals surface area contributed by atoms with E-state index in [2.05, 4.69) is 10.4 Å². The van der Waals surface area contributed by atoms with Gasteiger partial charge in [-0.15, -0.1) is 0 Å². The summed E-state index contributed by atoms with van der Waals surface area (Å²) in [5, 5.41) is 27.1. The quantitative estimate of drug-likeness (QED) is 0.642. The van der Waals surface area contributed by atoms with Gasteiger partial charge in [0.15, 0.2) is 6.04 Å². The first-order valence-electron chi connectivity index (χ1n) is 6.12. The Morgan fingerprint density at radius 1 is 1.52 bits per heavy atom. The van der Waals surface area contributed by atoms with E-state index in [9.17, 15) is 20.0 Å². The number of benzene rings is 1. The van der Waals surface area contributed by atoms with Gasteiger partial charge in [-0.2, -0.15) is 5.10 Å². The Bertz CT molecular complexity index is 695. The van der Waals surface area contributed by atoms with Crippen molar-refractivity contribution in [2.45, 2.75) is 13.0 Å². The molecule has 0 aliphatic rings. The summed E-state index contributed by atoms with van der Waals surface area (Å²) in [5.74, 6) is -1.14. The first kappa shape index (κ1) is 14.5. The number of carboxylic acid groups (broad SMARTS) is 1. The van der Waals surface area contributed by atoms with Gasteiger partial charge in [0.25, 0.3) is 5.69 Å². The van der Waals surface area contributed by atoms with E-state index < -0.39 is 16.9 Å². The van der Waals surface area contributed by atoms with Gasteiger partial charge in [0, 0.05) is 24.9 Å². The lowest BCUT2D eigenvalue weighted by atomic mass is 10.1. The number of aliphatic carboxylic acids is 1. The minimum Gasteiger partial charge on any atom is -0.479 e. The van der Waals surface area contributed by atoms with Gasteiger partial charge in [-0.05, 0) is 12.5 Å². The van der Waals surface area contributed by atoms with E-state index in [0.29, 0.717) is 11.1 Å². The fraction of sp³-hybridized carbons (Fsp3) is 0.231. The van der Waals surface area contributed by atoms with Gasteiger partial charge in [0.2, 0.25) is 0 Å². The summed E-state index contributed by atoms with van der Waals surface area (Å²) in [4.78, 5) is 22.0. The minimum absolute atomic E-state index is 0.162. The Morgan fingerprint density at radius 2 is 2.24 bits per heavy atom. The highest BCUT2D eigenvalue weighted by Crippen LogP contribution is 2.31. The fourth-order valence-electron chi connectivity index (χ4n) is 2.01. The normalized spacial score (nSPS) is 11.9.